The number of hydrogen-bond acceptors (Lipinski definition) is 4. The lowest BCUT2D eigenvalue weighted by atomic mass is 9.93. The van der Waals surface area contributed by atoms with E-state index in [1.54, 1.807) is 0 Å². The first kappa shape index (κ1) is 18.5. The zero-order valence-corrected chi connectivity index (χ0v) is 16.5. The number of aliphatic imine (C=N–C) groups is 1. The van der Waals surface area contributed by atoms with Gasteiger partial charge in [-0.1, -0.05) is 32.1 Å². The maximum atomic E-state index is 6.01. The van der Waals surface area contributed by atoms with Crippen LogP contribution in [0.25, 0.3) is 0 Å². The third kappa shape index (κ3) is 4.57. The average molecular weight is 346 g/mol. The lowest BCUT2D eigenvalue weighted by Gasteiger charge is -2.14. The Labute approximate surface area is 149 Å². The molecule has 4 nitrogen and oxygen atoms in total. The molecule has 0 unspecified atom stereocenters. The van der Waals surface area contributed by atoms with E-state index in [1.165, 1.54) is 11.3 Å². The number of thiazole rings is 1. The van der Waals surface area contributed by atoms with Crippen LogP contribution in [0.3, 0.4) is 0 Å². The Bertz CT molecular complexity index is 729. The molecule has 24 heavy (non-hydrogen) atoms. The van der Waals surface area contributed by atoms with Crippen LogP contribution in [0.5, 0.6) is 10.9 Å². The van der Waals surface area contributed by atoms with Crippen molar-refractivity contribution >= 4 is 23.4 Å². The van der Waals surface area contributed by atoms with E-state index in [1.807, 2.05) is 38.2 Å². The molecule has 0 fully saturated rings. The van der Waals surface area contributed by atoms with Crippen LogP contribution in [-0.2, 0) is 5.41 Å². The van der Waals surface area contributed by atoms with Gasteiger partial charge in [0.1, 0.15) is 5.75 Å². The molecule has 0 saturated carbocycles. The summed E-state index contributed by atoms with van der Waals surface area (Å²) < 4.78 is 6.01. The molecule has 1 heterocycles. The molecule has 1 aromatic carbocycles. The minimum absolute atomic E-state index is 0.0347. The van der Waals surface area contributed by atoms with Crippen LogP contribution in [0.1, 0.15) is 44.5 Å². The SMILES string of the molecule is CCN(C)/C=N/c1cc(C)c(Oc2nc(C(C)(C)C)cs2)cc1C. The predicted octanol–water partition coefficient (Wildman–Crippen LogP) is 5.46. The monoisotopic (exact) mass is 345 g/mol. The quantitative estimate of drug-likeness (QED) is 0.533. The summed E-state index contributed by atoms with van der Waals surface area (Å²) in [6, 6.07) is 4.09. The van der Waals surface area contributed by atoms with E-state index in [0.717, 1.165) is 34.8 Å². The predicted molar refractivity (Wildman–Crippen MR) is 103 cm³/mol. The van der Waals surface area contributed by atoms with E-state index in [4.69, 9.17) is 4.74 Å². The van der Waals surface area contributed by atoms with Crippen molar-refractivity contribution in [2.45, 2.75) is 47.0 Å². The second kappa shape index (κ2) is 7.34. The third-order valence-corrected chi connectivity index (χ3v) is 4.55. The molecule has 0 aliphatic carbocycles. The minimum Gasteiger partial charge on any atom is -0.431 e. The number of aromatic nitrogens is 1. The highest BCUT2D eigenvalue weighted by molar-refractivity contribution is 7.11. The Hall–Kier alpha value is -1.88. The number of rotatable bonds is 5. The summed E-state index contributed by atoms with van der Waals surface area (Å²) in [4.78, 5) is 11.2. The highest BCUT2D eigenvalue weighted by atomic mass is 32.1. The fraction of sp³-hybridized carbons (Fsp3) is 0.474. The van der Waals surface area contributed by atoms with E-state index < -0.39 is 0 Å². The first-order valence-corrected chi connectivity index (χ1v) is 9.08. The molecule has 0 aliphatic heterocycles. The zero-order valence-electron chi connectivity index (χ0n) is 15.7. The molecule has 0 spiro atoms. The van der Waals surface area contributed by atoms with Crippen LogP contribution in [0, 0.1) is 13.8 Å². The number of nitrogens with zero attached hydrogens (tertiary/aromatic N) is 3. The van der Waals surface area contributed by atoms with Crippen LogP contribution in [-0.4, -0.2) is 29.8 Å². The lowest BCUT2D eigenvalue weighted by Crippen LogP contribution is -2.14. The molecule has 2 rings (SSSR count). The highest BCUT2D eigenvalue weighted by Crippen LogP contribution is 2.34. The molecule has 2 aromatic rings. The Morgan fingerprint density at radius 2 is 1.96 bits per heavy atom. The third-order valence-electron chi connectivity index (χ3n) is 3.84. The van der Waals surface area contributed by atoms with Gasteiger partial charge in [-0.3, -0.25) is 0 Å². The summed E-state index contributed by atoms with van der Waals surface area (Å²) in [6.45, 7) is 13.6. The van der Waals surface area contributed by atoms with Crippen LogP contribution >= 0.6 is 11.3 Å². The molecule has 1 aromatic heterocycles. The highest BCUT2D eigenvalue weighted by Gasteiger charge is 2.18. The Morgan fingerprint density at radius 3 is 2.54 bits per heavy atom. The van der Waals surface area contributed by atoms with E-state index in [-0.39, 0.29) is 5.41 Å². The summed E-state index contributed by atoms with van der Waals surface area (Å²) in [5.41, 5.74) is 4.20. The van der Waals surface area contributed by atoms with Crippen molar-refractivity contribution in [3.63, 3.8) is 0 Å². The van der Waals surface area contributed by atoms with E-state index in [0.29, 0.717) is 5.19 Å². The molecule has 130 valence electrons. The Balaban J connectivity index is 2.22. The smallest absolute Gasteiger partial charge is 0.278 e. The number of ether oxygens (including phenoxy) is 1. The van der Waals surface area contributed by atoms with Crippen molar-refractivity contribution in [3.05, 3.63) is 34.3 Å². The van der Waals surface area contributed by atoms with Crippen molar-refractivity contribution in [1.82, 2.24) is 9.88 Å². The van der Waals surface area contributed by atoms with Gasteiger partial charge >= 0.3 is 0 Å². The largest absolute Gasteiger partial charge is 0.431 e. The van der Waals surface area contributed by atoms with Gasteiger partial charge in [-0.2, -0.15) is 0 Å². The standard InChI is InChI=1S/C19H27N3OS/c1-8-22(7)12-20-15-9-14(3)16(10-13(15)2)23-18-21-17(11-24-18)19(4,5)6/h9-12H,8H2,1-7H3/b20-12+. The molecule has 0 bridgehead atoms. The van der Waals surface area contributed by atoms with Crippen LogP contribution < -0.4 is 4.74 Å². The van der Waals surface area contributed by atoms with Gasteiger partial charge in [-0.05, 0) is 44.0 Å². The van der Waals surface area contributed by atoms with Crippen molar-refractivity contribution in [1.29, 1.82) is 0 Å². The molecule has 0 radical (unpaired) electrons. The molecular weight excluding hydrogens is 318 g/mol. The van der Waals surface area contributed by atoms with E-state index in [9.17, 15) is 0 Å². The van der Waals surface area contributed by atoms with Crippen LogP contribution in [0.4, 0.5) is 5.69 Å². The molecule has 0 saturated heterocycles. The molecule has 0 N–H and O–H groups in total. The Morgan fingerprint density at radius 1 is 1.25 bits per heavy atom. The maximum absolute atomic E-state index is 6.01. The van der Waals surface area contributed by atoms with Crippen LogP contribution in [0.2, 0.25) is 0 Å². The van der Waals surface area contributed by atoms with Gasteiger partial charge in [0.2, 0.25) is 0 Å². The zero-order chi connectivity index (χ0) is 17.9. The fourth-order valence-corrected chi connectivity index (χ4v) is 2.92. The molecular formula is C19H27N3OS. The summed E-state index contributed by atoms with van der Waals surface area (Å²) in [5.74, 6) is 0.838. The van der Waals surface area contributed by atoms with Gasteiger partial charge in [-0.25, -0.2) is 9.98 Å². The first-order chi connectivity index (χ1) is 11.2. The van der Waals surface area contributed by atoms with Crippen LogP contribution in [0.15, 0.2) is 22.5 Å². The Kier molecular flexibility index (Phi) is 5.65. The van der Waals surface area contributed by atoms with Gasteiger partial charge < -0.3 is 9.64 Å². The number of benzene rings is 1. The molecule has 0 amide bonds. The van der Waals surface area contributed by atoms with Crippen molar-refractivity contribution < 1.29 is 4.74 Å². The second-order valence-electron chi connectivity index (χ2n) is 7.07. The normalized spacial score (nSPS) is 12.0. The van der Waals surface area contributed by atoms with Gasteiger partial charge in [0.25, 0.3) is 5.19 Å². The van der Waals surface area contributed by atoms with Gasteiger partial charge in [0.05, 0.1) is 17.7 Å². The van der Waals surface area contributed by atoms with Gasteiger partial charge in [0, 0.05) is 24.4 Å². The number of hydrogen-bond donors (Lipinski definition) is 0. The summed E-state index contributed by atoms with van der Waals surface area (Å²) in [7, 11) is 2.01. The lowest BCUT2D eigenvalue weighted by molar-refractivity contribution is 0.466. The fourth-order valence-electron chi connectivity index (χ4n) is 2.01. The summed E-state index contributed by atoms with van der Waals surface area (Å²) >= 11 is 1.54. The van der Waals surface area contributed by atoms with Crippen molar-refractivity contribution in [3.8, 4) is 10.9 Å². The van der Waals surface area contributed by atoms with E-state index >= 15 is 0 Å². The topological polar surface area (TPSA) is 37.7 Å². The van der Waals surface area contributed by atoms with Gasteiger partial charge in [0.15, 0.2) is 0 Å². The van der Waals surface area contributed by atoms with E-state index in [2.05, 4.69) is 49.1 Å². The average Bonchev–Trinajstić information content (AvgIpc) is 2.97. The summed E-state index contributed by atoms with van der Waals surface area (Å²) in [5, 5.41) is 2.75. The molecule has 5 heteroatoms. The minimum atomic E-state index is 0.0347. The number of aryl methyl sites for hydroxylation is 2. The van der Waals surface area contributed by atoms with Gasteiger partial charge in [-0.15, -0.1) is 0 Å². The second-order valence-corrected chi connectivity index (χ2v) is 7.89. The first-order valence-electron chi connectivity index (χ1n) is 8.20. The summed E-state index contributed by atoms with van der Waals surface area (Å²) in [6.07, 6.45) is 1.86. The molecule has 0 aliphatic rings. The van der Waals surface area contributed by atoms with Crippen molar-refractivity contribution in [2.75, 3.05) is 13.6 Å². The molecule has 0 atom stereocenters. The van der Waals surface area contributed by atoms with Crippen molar-refractivity contribution in [2.24, 2.45) is 4.99 Å². The maximum Gasteiger partial charge on any atom is 0.278 e.